The molecule has 1 aromatic carbocycles. The Morgan fingerprint density at radius 1 is 1.15 bits per heavy atom. The highest BCUT2D eigenvalue weighted by molar-refractivity contribution is 5.45. The first-order valence-electron chi connectivity index (χ1n) is 7.30. The van der Waals surface area contributed by atoms with E-state index < -0.39 is 0 Å². The Bertz CT molecular complexity index is 476. The summed E-state index contributed by atoms with van der Waals surface area (Å²) in [5.74, 6) is -0.283. The Balaban J connectivity index is 1.53. The number of anilines is 1. The fourth-order valence-corrected chi connectivity index (χ4v) is 3.03. The van der Waals surface area contributed by atoms with Gasteiger partial charge in [0, 0.05) is 24.6 Å². The Morgan fingerprint density at radius 2 is 1.80 bits per heavy atom. The van der Waals surface area contributed by atoms with Crippen molar-refractivity contribution in [2.24, 2.45) is 0 Å². The van der Waals surface area contributed by atoms with Crippen molar-refractivity contribution in [2.45, 2.75) is 43.9 Å². The van der Waals surface area contributed by atoms with E-state index in [0.717, 1.165) is 50.1 Å². The van der Waals surface area contributed by atoms with Gasteiger partial charge in [0.25, 0.3) is 0 Å². The molecule has 1 spiro atoms. The first-order valence-corrected chi connectivity index (χ1v) is 7.30. The SMILES string of the molecule is N#CCc1ccc(NC2CCC3(CC2)OCCO3)cc1. The minimum atomic E-state index is -0.283. The van der Waals surface area contributed by atoms with Crippen LogP contribution < -0.4 is 5.32 Å². The van der Waals surface area contributed by atoms with Gasteiger partial charge in [0.15, 0.2) is 5.79 Å². The van der Waals surface area contributed by atoms with Crippen LogP contribution in [0.3, 0.4) is 0 Å². The number of benzene rings is 1. The van der Waals surface area contributed by atoms with Crippen molar-refractivity contribution in [2.75, 3.05) is 18.5 Å². The fourth-order valence-electron chi connectivity index (χ4n) is 3.03. The molecule has 0 amide bonds. The summed E-state index contributed by atoms with van der Waals surface area (Å²) >= 11 is 0. The lowest BCUT2D eigenvalue weighted by molar-refractivity contribution is -0.177. The third-order valence-corrected chi connectivity index (χ3v) is 4.17. The summed E-state index contributed by atoms with van der Waals surface area (Å²) in [6.07, 6.45) is 4.55. The first kappa shape index (κ1) is 13.4. The molecule has 2 fully saturated rings. The number of ether oxygens (including phenoxy) is 2. The van der Waals surface area contributed by atoms with E-state index in [-0.39, 0.29) is 5.79 Å². The predicted molar refractivity (Wildman–Crippen MR) is 76.3 cm³/mol. The molecule has 106 valence electrons. The number of hydrogen-bond acceptors (Lipinski definition) is 4. The van der Waals surface area contributed by atoms with Crippen molar-refractivity contribution < 1.29 is 9.47 Å². The van der Waals surface area contributed by atoms with Gasteiger partial charge in [-0.2, -0.15) is 5.26 Å². The molecule has 0 bridgehead atoms. The molecule has 0 unspecified atom stereocenters. The van der Waals surface area contributed by atoms with Gasteiger partial charge in [-0.3, -0.25) is 0 Å². The summed E-state index contributed by atoms with van der Waals surface area (Å²) in [5.41, 5.74) is 2.19. The molecule has 1 saturated heterocycles. The van der Waals surface area contributed by atoms with Crippen LogP contribution in [0.15, 0.2) is 24.3 Å². The van der Waals surface area contributed by atoms with E-state index >= 15 is 0 Å². The molecule has 20 heavy (non-hydrogen) atoms. The average molecular weight is 272 g/mol. The largest absolute Gasteiger partial charge is 0.382 e. The zero-order chi connectivity index (χ0) is 13.8. The average Bonchev–Trinajstić information content (AvgIpc) is 2.93. The van der Waals surface area contributed by atoms with Crippen LogP contribution in [0.1, 0.15) is 31.2 Å². The highest BCUT2D eigenvalue weighted by Gasteiger charge is 2.40. The molecule has 1 heterocycles. The number of hydrogen-bond donors (Lipinski definition) is 1. The van der Waals surface area contributed by atoms with Gasteiger partial charge in [-0.05, 0) is 30.5 Å². The molecule has 0 aromatic heterocycles. The van der Waals surface area contributed by atoms with Crippen LogP contribution in [0.5, 0.6) is 0 Å². The third kappa shape index (κ3) is 2.95. The van der Waals surface area contributed by atoms with Crippen molar-refractivity contribution in [1.29, 1.82) is 5.26 Å². The van der Waals surface area contributed by atoms with E-state index in [2.05, 4.69) is 23.5 Å². The number of rotatable bonds is 3. The van der Waals surface area contributed by atoms with Crippen molar-refractivity contribution in [1.82, 2.24) is 0 Å². The molecule has 1 aliphatic heterocycles. The highest BCUT2D eigenvalue weighted by atomic mass is 16.7. The topological polar surface area (TPSA) is 54.3 Å². The smallest absolute Gasteiger partial charge is 0.168 e. The maximum Gasteiger partial charge on any atom is 0.168 e. The van der Waals surface area contributed by atoms with Crippen molar-refractivity contribution in [3.05, 3.63) is 29.8 Å². The molecule has 4 heteroatoms. The van der Waals surface area contributed by atoms with Crippen LogP contribution >= 0.6 is 0 Å². The van der Waals surface area contributed by atoms with Crippen molar-refractivity contribution in [3.63, 3.8) is 0 Å². The minimum Gasteiger partial charge on any atom is -0.382 e. The zero-order valence-electron chi connectivity index (χ0n) is 11.6. The Hall–Kier alpha value is -1.57. The first-order chi connectivity index (χ1) is 9.80. The zero-order valence-corrected chi connectivity index (χ0v) is 11.6. The summed E-state index contributed by atoms with van der Waals surface area (Å²) in [4.78, 5) is 0. The highest BCUT2D eigenvalue weighted by Crippen LogP contribution is 2.36. The molecular formula is C16H20N2O2. The Labute approximate surface area is 119 Å². The van der Waals surface area contributed by atoms with Gasteiger partial charge >= 0.3 is 0 Å². The van der Waals surface area contributed by atoms with E-state index in [1.54, 1.807) is 0 Å². The van der Waals surface area contributed by atoms with Gasteiger partial charge in [0.05, 0.1) is 25.7 Å². The maximum absolute atomic E-state index is 8.66. The second kappa shape index (κ2) is 5.82. The van der Waals surface area contributed by atoms with Gasteiger partial charge in [-0.25, -0.2) is 0 Å². The number of nitriles is 1. The lowest BCUT2D eigenvalue weighted by Gasteiger charge is -2.36. The summed E-state index contributed by atoms with van der Waals surface area (Å²) in [6.45, 7) is 1.47. The summed E-state index contributed by atoms with van der Waals surface area (Å²) in [7, 11) is 0. The van der Waals surface area contributed by atoms with Crippen molar-refractivity contribution >= 4 is 5.69 Å². The third-order valence-electron chi connectivity index (χ3n) is 4.17. The number of nitrogens with one attached hydrogen (secondary N) is 1. The molecule has 1 aromatic rings. The number of nitrogens with zero attached hydrogens (tertiary/aromatic N) is 1. The molecule has 0 atom stereocenters. The van der Waals surface area contributed by atoms with E-state index in [4.69, 9.17) is 14.7 Å². The molecule has 1 N–H and O–H groups in total. The van der Waals surface area contributed by atoms with Crippen LogP contribution in [-0.2, 0) is 15.9 Å². The molecule has 1 aliphatic carbocycles. The normalized spacial score (nSPS) is 21.8. The molecule has 4 nitrogen and oxygen atoms in total. The fraction of sp³-hybridized carbons (Fsp3) is 0.562. The molecule has 0 radical (unpaired) electrons. The second-order valence-electron chi connectivity index (χ2n) is 5.56. The van der Waals surface area contributed by atoms with Gasteiger partial charge in [-0.15, -0.1) is 0 Å². The van der Waals surface area contributed by atoms with Gasteiger partial charge < -0.3 is 14.8 Å². The Morgan fingerprint density at radius 3 is 2.40 bits per heavy atom. The van der Waals surface area contributed by atoms with Crippen LogP contribution in [0.25, 0.3) is 0 Å². The van der Waals surface area contributed by atoms with Crippen LogP contribution in [0, 0.1) is 11.3 Å². The maximum atomic E-state index is 8.66. The van der Waals surface area contributed by atoms with E-state index in [1.165, 1.54) is 0 Å². The van der Waals surface area contributed by atoms with Gasteiger partial charge in [0.1, 0.15) is 0 Å². The van der Waals surface area contributed by atoms with E-state index in [0.29, 0.717) is 12.5 Å². The quantitative estimate of drug-likeness (QED) is 0.919. The monoisotopic (exact) mass is 272 g/mol. The lowest BCUT2D eigenvalue weighted by atomic mass is 9.90. The predicted octanol–water partition coefficient (Wildman–Crippen LogP) is 2.85. The minimum absolute atomic E-state index is 0.283. The lowest BCUT2D eigenvalue weighted by Crippen LogP contribution is -2.39. The molecule has 2 aliphatic rings. The van der Waals surface area contributed by atoms with Crippen LogP contribution in [-0.4, -0.2) is 25.0 Å². The van der Waals surface area contributed by atoms with Gasteiger partial charge in [0.2, 0.25) is 0 Å². The second-order valence-corrected chi connectivity index (χ2v) is 5.56. The molecular weight excluding hydrogens is 252 g/mol. The van der Waals surface area contributed by atoms with E-state index in [1.807, 2.05) is 12.1 Å². The van der Waals surface area contributed by atoms with E-state index in [9.17, 15) is 0 Å². The molecule has 1 saturated carbocycles. The standard InChI is InChI=1S/C16H20N2O2/c17-10-7-13-1-3-14(4-2-13)18-15-5-8-16(9-6-15)19-11-12-20-16/h1-4,15,18H,5-9,11-12H2. The van der Waals surface area contributed by atoms with Crippen molar-refractivity contribution in [3.8, 4) is 6.07 Å². The summed E-state index contributed by atoms with van der Waals surface area (Å²) in [6, 6.07) is 10.8. The summed E-state index contributed by atoms with van der Waals surface area (Å²) in [5, 5.41) is 12.2. The van der Waals surface area contributed by atoms with Crippen LogP contribution in [0.2, 0.25) is 0 Å². The summed E-state index contributed by atoms with van der Waals surface area (Å²) < 4.78 is 11.5. The molecule has 3 rings (SSSR count). The van der Waals surface area contributed by atoms with Gasteiger partial charge in [-0.1, -0.05) is 12.1 Å². The Kier molecular flexibility index (Phi) is 3.90. The van der Waals surface area contributed by atoms with Crippen LogP contribution in [0.4, 0.5) is 5.69 Å².